The highest BCUT2D eigenvalue weighted by atomic mass is 19.4. The number of fused-ring (bicyclic) bond motifs is 1. The van der Waals surface area contributed by atoms with Crippen molar-refractivity contribution >= 4 is 11.5 Å². The Hall–Kier alpha value is -4.04. The number of Topliss-reactive ketones (excluding diaryl/α,β-unsaturated/α-hetero) is 1. The minimum Gasteiger partial charge on any atom is -0.406 e. The van der Waals surface area contributed by atoms with Gasteiger partial charge in [0, 0.05) is 30.9 Å². The lowest BCUT2D eigenvalue weighted by Gasteiger charge is -2.56. The minimum atomic E-state index is -4.88. The van der Waals surface area contributed by atoms with Gasteiger partial charge in [0.05, 0.1) is 28.7 Å². The van der Waals surface area contributed by atoms with Crippen LogP contribution in [-0.2, 0) is 12.7 Å². The molecule has 3 aromatic carbocycles. The lowest BCUT2D eigenvalue weighted by atomic mass is 9.67. The van der Waals surface area contributed by atoms with E-state index >= 15 is 0 Å². The summed E-state index contributed by atoms with van der Waals surface area (Å²) in [6, 6.07) is 16.9. The first-order valence-electron chi connectivity index (χ1n) is 11.5. The number of hydrogen-bond donors (Lipinski definition) is 1. The average molecular weight is 531 g/mol. The highest BCUT2D eigenvalue weighted by molar-refractivity contribution is 6.09. The second-order valence-corrected chi connectivity index (χ2v) is 9.41. The van der Waals surface area contributed by atoms with Gasteiger partial charge in [0.1, 0.15) is 5.75 Å². The molecule has 2 aliphatic rings. The fraction of sp³-hybridized carbons (Fsp3) is 0.259. The lowest BCUT2D eigenvalue weighted by molar-refractivity contribution is -0.274. The highest BCUT2D eigenvalue weighted by Gasteiger charge is 2.55. The number of hydrogen-bond acceptors (Lipinski definition) is 5. The third-order valence-electron chi connectivity index (χ3n) is 6.73. The van der Waals surface area contributed by atoms with Gasteiger partial charge in [-0.15, -0.1) is 13.2 Å². The molecule has 0 amide bonds. The quantitative estimate of drug-likeness (QED) is 0.411. The molecule has 1 spiro atoms. The molecule has 1 N–H and O–H groups in total. The summed E-state index contributed by atoms with van der Waals surface area (Å²) < 4.78 is 81.9. The van der Waals surface area contributed by atoms with Gasteiger partial charge in [0.25, 0.3) is 0 Å². The van der Waals surface area contributed by atoms with Gasteiger partial charge in [0.15, 0.2) is 5.78 Å². The van der Waals surface area contributed by atoms with Gasteiger partial charge in [-0.3, -0.25) is 9.69 Å². The van der Waals surface area contributed by atoms with Crippen molar-refractivity contribution in [2.24, 2.45) is 0 Å². The first-order chi connectivity index (χ1) is 17.9. The van der Waals surface area contributed by atoms with Crippen LogP contribution in [0.4, 0.5) is 32.0 Å². The van der Waals surface area contributed by atoms with Crippen molar-refractivity contribution < 1.29 is 35.9 Å². The van der Waals surface area contributed by atoms with E-state index in [4.69, 9.17) is 5.26 Å². The van der Waals surface area contributed by atoms with Crippen LogP contribution >= 0.6 is 0 Å². The number of likely N-dealkylation sites (tertiary alicyclic amines) is 1. The fourth-order valence-electron chi connectivity index (χ4n) is 5.24. The number of ketones is 1. The zero-order valence-electron chi connectivity index (χ0n) is 19.5. The number of rotatable bonds is 4. The topological polar surface area (TPSA) is 65.4 Å². The van der Waals surface area contributed by atoms with E-state index in [2.05, 4.69) is 16.1 Å². The summed E-state index contributed by atoms with van der Waals surface area (Å²) in [6.45, 7) is 0.987. The summed E-state index contributed by atoms with van der Waals surface area (Å²) in [7, 11) is 0. The first-order valence-corrected chi connectivity index (χ1v) is 11.5. The van der Waals surface area contributed by atoms with E-state index in [0.29, 0.717) is 17.7 Å². The van der Waals surface area contributed by atoms with Gasteiger partial charge < -0.3 is 10.1 Å². The molecule has 38 heavy (non-hydrogen) atoms. The van der Waals surface area contributed by atoms with Crippen molar-refractivity contribution in [2.45, 2.75) is 30.5 Å². The van der Waals surface area contributed by atoms with Gasteiger partial charge in [-0.2, -0.15) is 18.4 Å². The van der Waals surface area contributed by atoms with Crippen LogP contribution < -0.4 is 10.1 Å². The number of nitriles is 1. The molecule has 1 fully saturated rings. The molecule has 2 heterocycles. The fourth-order valence-corrected chi connectivity index (χ4v) is 5.24. The van der Waals surface area contributed by atoms with E-state index in [1.165, 1.54) is 12.1 Å². The summed E-state index contributed by atoms with van der Waals surface area (Å²) in [5, 5.41) is 12.3. The Morgan fingerprint density at radius 2 is 1.71 bits per heavy atom. The highest BCUT2D eigenvalue weighted by Crippen LogP contribution is 2.47. The number of ether oxygens (including phenoxy) is 1. The maximum absolute atomic E-state index is 13.7. The van der Waals surface area contributed by atoms with Gasteiger partial charge in [0.2, 0.25) is 0 Å². The molecular formula is C27H19F6N3O2. The molecule has 1 atom stereocenters. The Balaban J connectivity index is 1.48. The van der Waals surface area contributed by atoms with E-state index in [1.807, 2.05) is 11.0 Å². The van der Waals surface area contributed by atoms with Crippen molar-refractivity contribution in [3.05, 3.63) is 94.5 Å². The van der Waals surface area contributed by atoms with Gasteiger partial charge in [-0.1, -0.05) is 24.3 Å². The van der Waals surface area contributed by atoms with Crippen molar-refractivity contribution in [2.75, 3.05) is 18.4 Å². The Morgan fingerprint density at radius 1 is 1.00 bits per heavy atom. The number of alkyl halides is 6. The van der Waals surface area contributed by atoms with Crippen molar-refractivity contribution in [3.63, 3.8) is 0 Å². The summed E-state index contributed by atoms with van der Waals surface area (Å²) in [6.07, 6.45) is -9.48. The van der Waals surface area contributed by atoms with Crippen LogP contribution in [0.5, 0.6) is 5.75 Å². The predicted octanol–water partition coefficient (Wildman–Crippen LogP) is 6.12. The molecule has 1 saturated heterocycles. The van der Waals surface area contributed by atoms with Crippen LogP contribution in [0.3, 0.4) is 0 Å². The standard InChI is InChI=1S/C27H19F6N3O2/c28-26(29,30)19-6-9-21-22(11-19)35-25(14-36(15-25)13-17-3-1-2-16(10-17)12-34)23(24(21)37)18-4-7-20(8-5-18)38-27(31,32)33/h1-11,23,35H,13-15H2. The molecule has 0 aliphatic carbocycles. The van der Waals surface area contributed by atoms with Gasteiger partial charge in [-0.25, -0.2) is 0 Å². The normalized spacial score (nSPS) is 18.8. The second kappa shape index (κ2) is 9.06. The zero-order chi connectivity index (χ0) is 27.3. The molecule has 3 aromatic rings. The van der Waals surface area contributed by atoms with Crippen LogP contribution in [0.1, 0.15) is 38.5 Å². The SMILES string of the molecule is N#Cc1cccc(CN2CC3(C2)Nc2cc(C(F)(F)F)ccc2C(=O)C3c2ccc(OC(F)(F)F)cc2)c1. The monoisotopic (exact) mass is 531 g/mol. The largest absolute Gasteiger partial charge is 0.573 e. The van der Waals surface area contributed by atoms with Gasteiger partial charge >= 0.3 is 12.5 Å². The molecule has 5 rings (SSSR count). The third kappa shape index (κ3) is 4.91. The van der Waals surface area contributed by atoms with Crippen LogP contribution in [-0.4, -0.2) is 35.7 Å². The van der Waals surface area contributed by atoms with Crippen LogP contribution in [0, 0.1) is 11.3 Å². The maximum atomic E-state index is 13.7. The molecular weight excluding hydrogens is 512 g/mol. The van der Waals surface area contributed by atoms with E-state index < -0.39 is 41.1 Å². The van der Waals surface area contributed by atoms with E-state index in [-0.39, 0.29) is 24.3 Å². The summed E-state index contributed by atoms with van der Waals surface area (Å²) in [5.41, 5.74) is -0.0129. The van der Waals surface area contributed by atoms with Crippen LogP contribution in [0.25, 0.3) is 0 Å². The number of nitrogens with zero attached hydrogens (tertiary/aromatic N) is 2. The Labute approximate surface area is 213 Å². The number of carbonyl (C=O) groups excluding carboxylic acids is 1. The molecule has 1 unspecified atom stereocenters. The predicted molar refractivity (Wildman–Crippen MR) is 124 cm³/mol. The lowest BCUT2D eigenvalue weighted by Crippen LogP contribution is -2.70. The molecule has 5 nitrogen and oxygen atoms in total. The molecule has 0 saturated carbocycles. The smallest absolute Gasteiger partial charge is 0.406 e. The Morgan fingerprint density at radius 3 is 2.34 bits per heavy atom. The van der Waals surface area contributed by atoms with E-state index in [0.717, 1.165) is 35.9 Å². The number of anilines is 1. The zero-order valence-corrected chi connectivity index (χ0v) is 19.5. The second-order valence-electron chi connectivity index (χ2n) is 9.41. The van der Waals surface area contributed by atoms with E-state index in [1.54, 1.807) is 18.2 Å². The molecule has 0 radical (unpaired) electrons. The summed E-state index contributed by atoms with van der Waals surface area (Å²) in [4.78, 5) is 15.6. The Bertz CT molecular complexity index is 1420. The summed E-state index contributed by atoms with van der Waals surface area (Å²) in [5.74, 6) is -1.74. The molecule has 11 heteroatoms. The van der Waals surface area contributed by atoms with Crippen LogP contribution in [0.2, 0.25) is 0 Å². The minimum absolute atomic E-state index is 0.0595. The molecule has 2 aliphatic heterocycles. The number of halogens is 6. The van der Waals surface area contributed by atoms with Gasteiger partial charge in [-0.05, 0) is 53.6 Å². The first kappa shape index (κ1) is 25.6. The van der Waals surface area contributed by atoms with Crippen LogP contribution in [0.15, 0.2) is 66.7 Å². The third-order valence-corrected chi connectivity index (χ3v) is 6.73. The molecule has 0 bridgehead atoms. The Kier molecular flexibility index (Phi) is 6.10. The summed E-state index contributed by atoms with van der Waals surface area (Å²) >= 11 is 0. The number of benzene rings is 3. The molecule has 196 valence electrons. The maximum Gasteiger partial charge on any atom is 0.573 e. The van der Waals surface area contributed by atoms with Crippen molar-refractivity contribution in [1.82, 2.24) is 4.90 Å². The molecule has 0 aromatic heterocycles. The van der Waals surface area contributed by atoms with E-state index in [9.17, 15) is 31.1 Å². The van der Waals surface area contributed by atoms with Crippen molar-refractivity contribution in [3.8, 4) is 11.8 Å². The van der Waals surface area contributed by atoms with Crippen molar-refractivity contribution in [1.29, 1.82) is 5.26 Å². The number of carbonyl (C=O) groups is 1. The number of nitrogens with one attached hydrogen (secondary N) is 1. The average Bonchev–Trinajstić information content (AvgIpc) is 2.82.